The van der Waals surface area contributed by atoms with Crippen LogP contribution in [0.2, 0.25) is 4.34 Å². The number of nitrogens with zero attached hydrogens (tertiary/aromatic N) is 1. The van der Waals surface area contributed by atoms with Gasteiger partial charge in [0, 0.05) is 10.4 Å². The van der Waals surface area contributed by atoms with Crippen molar-refractivity contribution in [3.63, 3.8) is 0 Å². The maximum absolute atomic E-state index is 11.7. The van der Waals surface area contributed by atoms with Gasteiger partial charge in [0.1, 0.15) is 0 Å². The van der Waals surface area contributed by atoms with E-state index < -0.39 is 23.2 Å². The predicted molar refractivity (Wildman–Crippen MR) is 75.8 cm³/mol. The molecule has 1 aromatic carbocycles. The fraction of sp³-hybridized carbons (Fsp3) is 0. The Kier molecular flexibility index (Phi) is 4.11. The Morgan fingerprint density at radius 2 is 1.90 bits per heavy atom. The van der Waals surface area contributed by atoms with Crippen LogP contribution in [0.15, 0.2) is 29.4 Å². The summed E-state index contributed by atoms with van der Waals surface area (Å²) < 4.78 is 0.603. The molecule has 6 nitrogen and oxygen atoms in total. The number of phenolic OH excluding ortho intramolecular Hbond substituents is 3. The number of nitrogens with one attached hydrogen (secondary N) is 1. The van der Waals surface area contributed by atoms with Gasteiger partial charge in [-0.25, -0.2) is 5.43 Å². The SMILES string of the molecule is O=C(NN=Cc1ccc(Cl)s1)c1cc(O)c(O)c(O)c1. The number of amides is 1. The second kappa shape index (κ2) is 5.81. The molecule has 0 saturated carbocycles. The number of carbonyl (C=O) groups is 1. The summed E-state index contributed by atoms with van der Waals surface area (Å²) in [6.45, 7) is 0. The van der Waals surface area contributed by atoms with E-state index >= 15 is 0 Å². The Morgan fingerprint density at radius 3 is 2.45 bits per heavy atom. The van der Waals surface area contributed by atoms with Crippen LogP contribution < -0.4 is 5.43 Å². The van der Waals surface area contributed by atoms with E-state index in [0.717, 1.165) is 17.0 Å². The molecule has 0 spiro atoms. The zero-order chi connectivity index (χ0) is 14.7. The maximum Gasteiger partial charge on any atom is 0.271 e. The molecule has 0 atom stereocenters. The van der Waals surface area contributed by atoms with Crippen molar-refractivity contribution in [3.05, 3.63) is 39.0 Å². The summed E-state index contributed by atoms with van der Waals surface area (Å²) in [7, 11) is 0. The normalized spacial score (nSPS) is 10.8. The largest absolute Gasteiger partial charge is 0.504 e. The number of phenols is 3. The first-order valence-corrected chi connectivity index (χ1v) is 6.50. The van der Waals surface area contributed by atoms with E-state index in [-0.39, 0.29) is 5.56 Å². The number of hydrogen-bond acceptors (Lipinski definition) is 6. The van der Waals surface area contributed by atoms with Crippen LogP contribution in [0.3, 0.4) is 0 Å². The second-order valence-corrected chi connectivity index (χ2v) is 5.45. The molecule has 0 bridgehead atoms. The lowest BCUT2D eigenvalue weighted by atomic mass is 10.2. The first-order chi connectivity index (χ1) is 9.47. The highest BCUT2D eigenvalue weighted by atomic mass is 35.5. The van der Waals surface area contributed by atoms with E-state index in [1.165, 1.54) is 17.6 Å². The summed E-state index contributed by atoms with van der Waals surface area (Å²) in [5.74, 6) is -2.51. The summed E-state index contributed by atoms with van der Waals surface area (Å²) in [4.78, 5) is 12.5. The molecule has 0 aliphatic rings. The first-order valence-electron chi connectivity index (χ1n) is 5.31. The minimum Gasteiger partial charge on any atom is -0.504 e. The van der Waals surface area contributed by atoms with E-state index in [0.29, 0.717) is 4.34 Å². The molecule has 0 aliphatic heterocycles. The van der Waals surface area contributed by atoms with Crippen molar-refractivity contribution < 1.29 is 20.1 Å². The molecule has 0 radical (unpaired) electrons. The Morgan fingerprint density at radius 1 is 1.25 bits per heavy atom. The fourth-order valence-corrected chi connectivity index (χ4v) is 2.29. The molecule has 1 heterocycles. The third-order valence-corrected chi connectivity index (χ3v) is 3.45. The summed E-state index contributed by atoms with van der Waals surface area (Å²) >= 11 is 7.03. The van der Waals surface area contributed by atoms with Gasteiger partial charge >= 0.3 is 0 Å². The number of carbonyl (C=O) groups excluding carboxylic acids is 1. The van der Waals surface area contributed by atoms with E-state index in [1.54, 1.807) is 12.1 Å². The van der Waals surface area contributed by atoms with Crippen LogP contribution in [0.5, 0.6) is 17.2 Å². The lowest BCUT2D eigenvalue weighted by molar-refractivity contribution is 0.0954. The number of halogens is 1. The Balaban J connectivity index is 2.07. The molecule has 0 saturated heterocycles. The highest BCUT2D eigenvalue weighted by Crippen LogP contribution is 2.35. The number of benzene rings is 1. The van der Waals surface area contributed by atoms with Crippen LogP contribution >= 0.6 is 22.9 Å². The zero-order valence-electron chi connectivity index (χ0n) is 9.87. The molecule has 2 aromatic rings. The van der Waals surface area contributed by atoms with Crippen LogP contribution in [0.1, 0.15) is 15.2 Å². The van der Waals surface area contributed by atoms with E-state index in [1.807, 2.05) is 0 Å². The Labute approximate surface area is 122 Å². The summed E-state index contributed by atoms with van der Waals surface area (Å²) in [6, 6.07) is 5.47. The predicted octanol–water partition coefficient (Wildman–Crippen LogP) is 2.28. The first kappa shape index (κ1) is 14.2. The molecular weight excluding hydrogens is 304 g/mol. The summed E-state index contributed by atoms with van der Waals surface area (Å²) in [5.41, 5.74) is 2.18. The van der Waals surface area contributed by atoms with Crippen LogP contribution in [-0.4, -0.2) is 27.4 Å². The molecule has 0 unspecified atom stereocenters. The molecule has 1 amide bonds. The second-order valence-electron chi connectivity index (χ2n) is 3.70. The smallest absolute Gasteiger partial charge is 0.271 e. The van der Waals surface area contributed by atoms with Gasteiger partial charge < -0.3 is 15.3 Å². The van der Waals surface area contributed by atoms with Crippen molar-refractivity contribution in [2.75, 3.05) is 0 Å². The van der Waals surface area contributed by atoms with Gasteiger partial charge in [-0.15, -0.1) is 11.3 Å². The van der Waals surface area contributed by atoms with Crippen LogP contribution in [0, 0.1) is 0 Å². The molecule has 0 fully saturated rings. The Bertz CT molecular complexity index is 661. The molecule has 8 heteroatoms. The molecule has 0 aliphatic carbocycles. The van der Waals surface area contributed by atoms with Gasteiger partial charge in [0.25, 0.3) is 5.91 Å². The average Bonchev–Trinajstić information content (AvgIpc) is 2.81. The van der Waals surface area contributed by atoms with Crippen molar-refractivity contribution in [1.29, 1.82) is 0 Å². The Hall–Kier alpha value is -2.25. The quantitative estimate of drug-likeness (QED) is 0.396. The van der Waals surface area contributed by atoms with Crippen molar-refractivity contribution >= 4 is 35.1 Å². The van der Waals surface area contributed by atoms with Crippen LogP contribution in [-0.2, 0) is 0 Å². The van der Waals surface area contributed by atoms with Gasteiger partial charge in [-0.3, -0.25) is 4.79 Å². The highest BCUT2D eigenvalue weighted by molar-refractivity contribution is 7.17. The van der Waals surface area contributed by atoms with Crippen molar-refractivity contribution in [3.8, 4) is 17.2 Å². The minimum absolute atomic E-state index is 0.0424. The lowest BCUT2D eigenvalue weighted by Crippen LogP contribution is -2.17. The number of thiophene rings is 1. The van der Waals surface area contributed by atoms with E-state index in [2.05, 4.69) is 10.5 Å². The molecular formula is C12H9ClN2O4S. The number of hydrazone groups is 1. The lowest BCUT2D eigenvalue weighted by Gasteiger charge is -2.04. The van der Waals surface area contributed by atoms with E-state index in [9.17, 15) is 15.0 Å². The van der Waals surface area contributed by atoms with Gasteiger partial charge in [-0.1, -0.05) is 11.6 Å². The van der Waals surface area contributed by atoms with Gasteiger partial charge in [0.05, 0.1) is 10.6 Å². The fourth-order valence-electron chi connectivity index (χ4n) is 1.35. The average molecular weight is 313 g/mol. The van der Waals surface area contributed by atoms with Gasteiger partial charge in [0.15, 0.2) is 17.2 Å². The monoisotopic (exact) mass is 312 g/mol. The van der Waals surface area contributed by atoms with Crippen LogP contribution in [0.25, 0.3) is 0 Å². The topological polar surface area (TPSA) is 102 Å². The van der Waals surface area contributed by atoms with Crippen LogP contribution in [0.4, 0.5) is 0 Å². The van der Waals surface area contributed by atoms with Gasteiger partial charge in [-0.05, 0) is 24.3 Å². The highest BCUT2D eigenvalue weighted by Gasteiger charge is 2.12. The van der Waals surface area contributed by atoms with Crippen molar-refractivity contribution in [1.82, 2.24) is 5.43 Å². The van der Waals surface area contributed by atoms with Gasteiger partial charge in [-0.2, -0.15) is 5.10 Å². The molecule has 1 aromatic heterocycles. The maximum atomic E-state index is 11.7. The molecule has 2 rings (SSSR count). The molecule has 104 valence electrons. The third-order valence-electron chi connectivity index (χ3n) is 2.28. The van der Waals surface area contributed by atoms with E-state index in [4.69, 9.17) is 16.7 Å². The summed E-state index contributed by atoms with van der Waals surface area (Å²) in [6.07, 6.45) is 1.41. The van der Waals surface area contributed by atoms with Crippen molar-refractivity contribution in [2.24, 2.45) is 5.10 Å². The number of aromatic hydroxyl groups is 3. The van der Waals surface area contributed by atoms with Crippen molar-refractivity contribution in [2.45, 2.75) is 0 Å². The standard InChI is InChI=1S/C12H9ClN2O4S/c13-10-2-1-7(20-10)5-14-15-12(19)6-3-8(16)11(18)9(17)4-6/h1-5,16-18H,(H,15,19). The third kappa shape index (κ3) is 3.19. The molecule has 4 N–H and O–H groups in total. The zero-order valence-corrected chi connectivity index (χ0v) is 11.4. The summed E-state index contributed by atoms with van der Waals surface area (Å²) in [5, 5.41) is 31.5. The van der Waals surface area contributed by atoms with Gasteiger partial charge in [0.2, 0.25) is 0 Å². The molecule has 20 heavy (non-hydrogen) atoms. The number of hydrogen-bond donors (Lipinski definition) is 4. The minimum atomic E-state index is -0.682. The number of rotatable bonds is 3.